The molecule has 3 rings (SSSR count). The van der Waals surface area contributed by atoms with Crippen molar-refractivity contribution in [1.82, 2.24) is 4.90 Å². The quantitative estimate of drug-likeness (QED) is 0.855. The molecular weight excluding hydrogens is 250 g/mol. The Labute approximate surface area is 118 Å². The number of hydrogen-bond donors (Lipinski definition) is 0. The molecule has 0 aromatic heterocycles. The molecule has 2 aromatic carbocycles. The fourth-order valence-corrected chi connectivity index (χ4v) is 2.41. The van der Waals surface area contributed by atoms with Crippen molar-refractivity contribution in [3.8, 4) is 5.75 Å². The number of benzene rings is 2. The Balaban J connectivity index is 1.61. The van der Waals surface area contributed by atoms with Crippen molar-refractivity contribution in [3.63, 3.8) is 0 Å². The average molecular weight is 266 g/mol. The third-order valence-corrected chi connectivity index (χ3v) is 3.44. The summed E-state index contributed by atoms with van der Waals surface area (Å²) in [6.07, 6.45) is 0.946. The van der Waals surface area contributed by atoms with E-state index in [-0.39, 0.29) is 12.0 Å². The molecule has 0 aliphatic carbocycles. The number of carbonyl (C=O) groups excluding carboxylic acids is 1. The first-order valence-corrected chi connectivity index (χ1v) is 6.80. The van der Waals surface area contributed by atoms with Gasteiger partial charge in [-0.25, -0.2) is 0 Å². The smallest absolute Gasteiger partial charge is 0.253 e. The van der Waals surface area contributed by atoms with Gasteiger partial charge in [0.1, 0.15) is 11.9 Å². The highest BCUT2D eigenvalue weighted by Gasteiger charge is 2.28. The minimum atomic E-state index is 0.0741. The lowest BCUT2D eigenvalue weighted by molar-refractivity contribution is 0.0772. The van der Waals surface area contributed by atoms with E-state index in [1.807, 2.05) is 59.5 Å². The maximum Gasteiger partial charge on any atom is 0.253 e. The summed E-state index contributed by atoms with van der Waals surface area (Å²) in [5, 5.41) is 0. The van der Waals surface area contributed by atoms with E-state index in [2.05, 4.69) is 6.07 Å². The summed E-state index contributed by atoms with van der Waals surface area (Å²) >= 11 is 0. The van der Waals surface area contributed by atoms with Crippen LogP contribution in [0.2, 0.25) is 0 Å². The van der Waals surface area contributed by atoms with Gasteiger partial charge in [0.25, 0.3) is 5.91 Å². The standard InChI is InChI=1S/C17H16NO2/c19-17(14-7-3-1-4-8-14)18-12-11-16(13-18)20-15-9-5-2-6-10-15/h1,3-10,16H,11-13H2. The van der Waals surface area contributed by atoms with Gasteiger partial charge in [-0.3, -0.25) is 4.79 Å². The summed E-state index contributed by atoms with van der Waals surface area (Å²) < 4.78 is 5.88. The first-order chi connectivity index (χ1) is 9.83. The van der Waals surface area contributed by atoms with E-state index in [1.165, 1.54) is 0 Å². The van der Waals surface area contributed by atoms with E-state index in [4.69, 9.17) is 4.74 Å². The zero-order chi connectivity index (χ0) is 13.8. The Morgan fingerprint density at radius 1 is 1.15 bits per heavy atom. The Hall–Kier alpha value is -2.29. The number of nitrogens with zero attached hydrogens (tertiary/aromatic N) is 1. The molecule has 2 aromatic rings. The van der Waals surface area contributed by atoms with Crippen molar-refractivity contribution in [2.24, 2.45) is 0 Å². The van der Waals surface area contributed by atoms with Crippen LogP contribution in [0.5, 0.6) is 5.75 Å². The molecule has 1 aliphatic heterocycles. The van der Waals surface area contributed by atoms with Gasteiger partial charge in [-0.2, -0.15) is 0 Å². The number of carbonyl (C=O) groups is 1. The van der Waals surface area contributed by atoms with E-state index < -0.39 is 0 Å². The summed E-state index contributed by atoms with van der Waals surface area (Å²) in [5.41, 5.74) is 0.738. The molecule has 1 aliphatic rings. The lowest BCUT2D eigenvalue weighted by Gasteiger charge is -2.17. The SMILES string of the molecule is O=C(c1ccccc1)N1CCC(Oc2cc[c]cc2)C1. The molecule has 1 saturated heterocycles. The van der Waals surface area contributed by atoms with Crippen LogP contribution in [0, 0.1) is 6.07 Å². The molecule has 0 bridgehead atoms. The molecule has 1 unspecified atom stereocenters. The van der Waals surface area contributed by atoms with E-state index in [1.54, 1.807) is 0 Å². The van der Waals surface area contributed by atoms with Gasteiger partial charge < -0.3 is 9.64 Å². The minimum absolute atomic E-state index is 0.0741. The van der Waals surface area contributed by atoms with E-state index >= 15 is 0 Å². The van der Waals surface area contributed by atoms with Gasteiger partial charge in [0.15, 0.2) is 0 Å². The molecule has 1 atom stereocenters. The molecule has 3 heteroatoms. The van der Waals surface area contributed by atoms with Crippen molar-refractivity contribution >= 4 is 5.91 Å². The van der Waals surface area contributed by atoms with Crippen LogP contribution >= 0.6 is 0 Å². The topological polar surface area (TPSA) is 29.5 Å². The second-order valence-electron chi connectivity index (χ2n) is 4.88. The number of hydrogen-bond acceptors (Lipinski definition) is 2. The van der Waals surface area contributed by atoms with Gasteiger partial charge >= 0.3 is 0 Å². The Morgan fingerprint density at radius 2 is 1.90 bits per heavy atom. The van der Waals surface area contributed by atoms with Crippen LogP contribution in [-0.4, -0.2) is 30.0 Å². The Bertz CT molecular complexity index is 568. The number of amides is 1. The predicted octanol–water partition coefficient (Wildman–Crippen LogP) is 2.78. The second kappa shape index (κ2) is 5.78. The number of likely N-dealkylation sites (tertiary alicyclic amines) is 1. The van der Waals surface area contributed by atoms with Crippen molar-refractivity contribution < 1.29 is 9.53 Å². The largest absolute Gasteiger partial charge is 0.489 e. The second-order valence-corrected chi connectivity index (χ2v) is 4.88. The maximum absolute atomic E-state index is 12.3. The zero-order valence-corrected chi connectivity index (χ0v) is 11.2. The van der Waals surface area contributed by atoms with Crippen molar-refractivity contribution in [2.75, 3.05) is 13.1 Å². The highest BCUT2D eigenvalue weighted by molar-refractivity contribution is 5.94. The van der Waals surface area contributed by atoms with Gasteiger partial charge in [0.05, 0.1) is 6.54 Å². The van der Waals surface area contributed by atoms with Gasteiger partial charge in [-0.05, 0) is 30.3 Å². The van der Waals surface area contributed by atoms with E-state index in [0.29, 0.717) is 6.54 Å². The highest BCUT2D eigenvalue weighted by Crippen LogP contribution is 2.19. The molecule has 0 spiro atoms. The molecular formula is C17H16NO2. The first kappa shape index (κ1) is 12.7. The van der Waals surface area contributed by atoms with E-state index in [9.17, 15) is 4.79 Å². The van der Waals surface area contributed by atoms with Gasteiger partial charge in [0, 0.05) is 18.5 Å². The average Bonchev–Trinajstić information content (AvgIpc) is 2.97. The van der Waals surface area contributed by atoms with Crippen LogP contribution in [0.1, 0.15) is 16.8 Å². The molecule has 20 heavy (non-hydrogen) atoms. The number of ether oxygens (including phenoxy) is 1. The van der Waals surface area contributed by atoms with E-state index in [0.717, 1.165) is 24.3 Å². The first-order valence-electron chi connectivity index (χ1n) is 6.80. The Morgan fingerprint density at radius 3 is 2.65 bits per heavy atom. The van der Waals surface area contributed by atoms with Crippen LogP contribution in [-0.2, 0) is 0 Å². The molecule has 1 radical (unpaired) electrons. The van der Waals surface area contributed by atoms with Crippen LogP contribution in [0.3, 0.4) is 0 Å². The van der Waals surface area contributed by atoms with Crippen LogP contribution in [0.4, 0.5) is 0 Å². The minimum Gasteiger partial charge on any atom is -0.489 e. The molecule has 0 N–H and O–H groups in total. The maximum atomic E-state index is 12.3. The Kier molecular flexibility index (Phi) is 3.68. The zero-order valence-electron chi connectivity index (χ0n) is 11.2. The summed E-state index contributed by atoms with van der Waals surface area (Å²) in [6.45, 7) is 1.39. The molecule has 1 heterocycles. The predicted molar refractivity (Wildman–Crippen MR) is 76.7 cm³/mol. The monoisotopic (exact) mass is 266 g/mol. The molecule has 0 saturated carbocycles. The van der Waals surface area contributed by atoms with Crippen LogP contribution in [0.15, 0.2) is 54.6 Å². The van der Waals surface area contributed by atoms with Gasteiger partial charge in [0.2, 0.25) is 0 Å². The molecule has 101 valence electrons. The van der Waals surface area contributed by atoms with Gasteiger partial charge in [-0.1, -0.05) is 30.3 Å². The molecule has 1 amide bonds. The highest BCUT2D eigenvalue weighted by atomic mass is 16.5. The lowest BCUT2D eigenvalue weighted by atomic mass is 10.2. The summed E-state index contributed by atoms with van der Waals surface area (Å²) in [4.78, 5) is 14.2. The van der Waals surface area contributed by atoms with Crippen molar-refractivity contribution in [3.05, 3.63) is 66.2 Å². The summed E-state index contributed by atoms with van der Waals surface area (Å²) in [7, 11) is 0. The molecule has 1 fully saturated rings. The lowest BCUT2D eigenvalue weighted by Crippen LogP contribution is -2.30. The normalized spacial score (nSPS) is 18.0. The summed E-state index contributed by atoms with van der Waals surface area (Å²) in [5.74, 6) is 0.917. The third-order valence-electron chi connectivity index (χ3n) is 3.44. The third kappa shape index (κ3) is 2.82. The number of rotatable bonds is 3. The summed E-state index contributed by atoms with van der Waals surface area (Å²) in [6, 6.07) is 19.8. The fraction of sp³-hybridized carbons (Fsp3) is 0.235. The fourth-order valence-electron chi connectivity index (χ4n) is 2.41. The van der Waals surface area contributed by atoms with Crippen LogP contribution in [0.25, 0.3) is 0 Å². The van der Waals surface area contributed by atoms with Gasteiger partial charge in [-0.15, -0.1) is 0 Å². The van der Waals surface area contributed by atoms with Crippen molar-refractivity contribution in [1.29, 1.82) is 0 Å². The van der Waals surface area contributed by atoms with Crippen molar-refractivity contribution in [2.45, 2.75) is 12.5 Å². The van der Waals surface area contributed by atoms with Crippen LogP contribution < -0.4 is 4.74 Å². The molecule has 3 nitrogen and oxygen atoms in total.